The molecule has 0 spiro atoms. The third kappa shape index (κ3) is 1.80. The van der Waals surface area contributed by atoms with Crippen molar-refractivity contribution in [2.45, 2.75) is 12.6 Å². The number of carboxylic acid groups (broad SMARTS) is 1. The minimum Gasteiger partial charge on any atom is -0.508 e. The predicted molar refractivity (Wildman–Crippen MR) is 49.2 cm³/mol. The maximum absolute atomic E-state index is 13.6. The summed E-state index contributed by atoms with van der Waals surface area (Å²) in [6.45, 7) is 0.896. The van der Waals surface area contributed by atoms with Crippen molar-refractivity contribution in [2.24, 2.45) is 0 Å². The van der Waals surface area contributed by atoms with E-state index in [9.17, 15) is 9.18 Å². The lowest BCUT2D eigenvalue weighted by Crippen LogP contribution is -2.27. The SMILES string of the molecule is CC(F)(C(=O)O)c1ccc(O)cc1Cl. The van der Waals surface area contributed by atoms with Crippen molar-refractivity contribution in [3.8, 4) is 5.75 Å². The third-order valence-corrected chi connectivity index (χ3v) is 2.17. The number of rotatable bonds is 2. The van der Waals surface area contributed by atoms with Crippen molar-refractivity contribution in [3.05, 3.63) is 28.8 Å². The number of carboxylic acids is 1. The molecular formula is C9H8ClFO3. The van der Waals surface area contributed by atoms with Gasteiger partial charge >= 0.3 is 5.97 Å². The molecule has 5 heteroatoms. The van der Waals surface area contributed by atoms with Gasteiger partial charge in [-0.2, -0.15) is 0 Å². The number of hydrogen-bond donors (Lipinski definition) is 2. The van der Waals surface area contributed by atoms with Gasteiger partial charge in [-0.3, -0.25) is 0 Å². The van der Waals surface area contributed by atoms with Crippen LogP contribution in [-0.2, 0) is 10.5 Å². The molecule has 0 aromatic heterocycles. The molecule has 0 aliphatic rings. The van der Waals surface area contributed by atoms with Crippen molar-refractivity contribution < 1.29 is 19.4 Å². The van der Waals surface area contributed by atoms with Crippen LogP contribution in [0.25, 0.3) is 0 Å². The molecule has 0 heterocycles. The first-order valence-electron chi connectivity index (χ1n) is 3.77. The van der Waals surface area contributed by atoms with E-state index in [1.165, 1.54) is 6.07 Å². The second-order valence-electron chi connectivity index (χ2n) is 2.97. The Hall–Kier alpha value is -1.29. The van der Waals surface area contributed by atoms with Gasteiger partial charge in [0.2, 0.25) is 5.67 Å². The Labute approximate surface area is 84.7 Å². The number of benzene rings is 1. The fourth-order valence-electron chi connectivity index (χ4n) is 1.000. The maximum atomic E-state index is 13.6. The Morgan fingerprint density at radius 3 is 2.57 bits per heavy atom. The molecule has 0 aliphatic heterocycles. The van der Waals surface area contributed by atoms with Gasteiger partial charge in [-0.05, 0) is 19.1 Å². The summed E-state index contributed by atoms with van der Waals surface area (Å²) in [4.78, 5) is 10.6. The van der Waals surface area contributed by atoms with Crippen LogP contribution in [0.1, 0.15) is 12.5 Å². The minimum atomic E-state index is -2.55. The Kier molecular flexibility index (Phi) is 2.66. The van der Waals surface area contributed by atoms with E-state index in [-0.39, 0.29) is 16.3 Å². The van der Waals surface area contributed by atoms with E-state index < -0.39 is 11.6 Å². The molecule has 1 unspecified atom stereocenters. The van der Waals surface area contributed by atoms with E-state index in [4.69, 9.17) is 21.8 Å². The molecule has 1 rings (SSSR count). The zero-order valence-electron chi connectivity index (χ0n) is 7.29. The molecule has 0 amide bonds. The van der Waals surface area contributed by atoms with E-state index in [0.717, 1.165) is 19.1 Å². The van der Waals surface area contributed by atoms with Gasteiger partial charge in [0.15, 0.2) is 0 Å². The van der Waals surface area contributed by atoms with E-state index in [1.807, 2.05) is 0 Å². The number of phenolic OH excluding ortho intramolecular Hbond substituents is 1. The molecule has 0 saturated carbocycles. The van der Waals surface area contributed by atoms with Crippen molar-refractivity contribution >= 4 is 17.6 Å². The van der Waals surface area contributed by atoms with Crippen LogP contribution in [0.5, 0.6) is 5.75 Å². The van der Waals surface area contributed by atoms with Gasteiger partial charge in [0.1, 0.15) is 5.75 Å². The number of aliphatic carboxylic acids is 1. The largest absolute Gasteiger partial charge is 0.508 e. The van der Waals surface area contributed by atoms with Gasteiger partial charge in [0, 0.05) is 5.56 Å². The highest BCUT2D eigenvalue weighted by Crippen LogP contribution is 2.33. The van der Waals surface area contributed by atoms with Crippen molar-refractivity contribution in [2.75, 3.05) is 0 Å². The normalized spacial score (nSPS) is 14.8. The number of hydrogen-bond acceptors (Lipinski definition) is 2. The zero-order chi connectivity index (χ0) is 10.9. The van der Waals surface area contributed by atoms with Crippen molar-refractivity contribution in [1.82, 2.24) is 0 Å². The molecule has 76 valence electrons. The fraction of sp³-hybridized carbons (Fsp3) is 0.222. The van der Waals surface area contributed by atoms with Gasteiger partial charge < -0.3 is 10.2 Å². The second-order valence-corrected chi connectivity index (χ2v) is 3.38. The summed E-state index contributed by atoms with van der Waals surface area (Å²) in [6.07, 6.45) is 0. The molecule has 14 heavy (non-hydrogen) atoms. The van der Waals surface area contributed by atoms with Gasteiger partial charge in [-0.15, -0.1) is 0 Å². The Morgan fingerprint density at radius 1 is 1.57 bits per heavy atom. The summed E-state index contributed by atoms with van der Waals surface area (Å²) in [5.74, 6) is -1.76. The zero-order valence-corrected chi connectivity index (χ0v) is 8.05. The molecule has 3 nitrogen and oxygen atoms in total. The molecule has 1 aromatic carbocycles. The number of halogens is 2. The number of alkyl halides is 1. The predicted octanol–water partition coefficient (Wildman–Crippen LogP) is 2.31. The van der Waals surface area contributed by atoms with E-state index >= 15 is 0 Å². The van der Waals surface area contributed by atoms with Crippen LogP contribution in [-0.4, -0.2) is 16.2 Å². The van der Waals surface area contributed by atoms with Crippen LogP contribution in [0.4, 0.5) is 4.39 Å². The Morgan fingerprint density at radius 2 is 2.14 bits per heavy atom. The van der Waals surface area contributed by atoms with E-state index in [1.54, 1.807) is 0 Å². The molecule has 0 radical (unpaired) electrons. The quantitative estimate of drug-likeness (QED) is 0.801. The minimum absolute atomic E-state index is 0.114. The van der Waals surface area contributed by atoms with Crippen LogP contribution < -0.4 is 0 Å². The van der Waals surface area contributed by atoms with Gasteiger partial charge in [-0.25, -0.2) is 9.18 Å². The summed E-state index contributed by atoms with van der Waals surface area (Å²) in [6, 6.07) is 3.42. The first-order chi connectivity index (χ1) is 6.35. The summed E-state index contributed by atoms with van der Waals surface area (Å²) < 4.78 is 13.6. The Balaban J connectivity index is 3.26. The molecule has 0 bridgehead atoms. The first kappa shape index (κ1) is 10.8. The van der Waals surface area contributed by atoms with Crippen LogP contribution in [0.2, 0.25) is 5.02 Å². The summed E-state index contributed by atoms with van der Waals surface area (Å²) in [7, 11) is 0. The molecule has 1 atom stereocenters. The van der Waals surface area contributed by atoms with Crippen molar-refractivity contribution in [3.63, 3.8) is 0 Å². The highest BCUT2D eigenvalue weighted by atomic mass is 35.5. The van der Waals surface area contributed by atoms with Crippen molar-refractivity contribution in [1.29, 1.82) is 0 Å². The number of phenols is 1. The van der Waals surface area contributed by atoms with Crippen LogP contribution >= 0.6 is 11.6 Å². The average Bonchev–Trinajstić information content (AvgIpc) is 2.02. The number of aromatic hydroxyl groups is 1. The van der Waals surface area contributed by atoms with Gasteiger partial charge in [0.05, 0.1) is 5.02 Å². The van der Waals surface area contributed by atoms with Crippen LogP contribution in [0, 0.1) is 0 Å². The average molecular weight is 219 g/mol. The van der Waals surface area contributed by atoms with Crippen LogP contribution in [0.15, 0.2) is 18.2 Å². The molecule has 0 aliphatic carbocycles. The van der Waals surface area contributed by atoms with Crippen LogP contribution in [0.3, 0.4) is 0 Å². The highest BCUT2D eigenvalue weighted by molar-refractivity contribution is 6.31. The monoisotopic (exact) mass is 218 g/mol. The lowest BCUT2D eigenvalue weighted by Gasteiger charge is -2.16. The maximum Gasteiger partial charge on any atom is 0.345 e. The molecular weight excluding hydrogens is 211 g/mol. The third-order valence-electron chi connectivity index (χ3n) is 1.86. The lowest BCUT2D eigenvalue weighted by atomic mass is 9.98. The topological polar surface area (TPSA) is 57.5 Å². The molecule has 0 fully saturated rings. The standard InChI is InChI=1S/C9H8ClFO3/c1-9(11,8(13)14)6-3-2-5(12)4-7(6)10/h2-4,12H,1H3,(H,13,14). The second kappa shape index (κ2) is 3.46. The summed E-state index contributed by atoms with van der Waals surface area (Å²) in [5.41, 5.74) is -2.73. The smallest absolute Gasteiger partial charge is 0.345 e. The number of carbonyl (C=O) groups is 1. The lowest BCUT2D eigenvalue weighted by molar-refractivity contribution is -0.150. The van der Waals surface area contributed by atoms with Gasteiger partial charge in [-0.1, -0.05) is 17.7 Å². The summed E-state index contributed by atoms with van der Waals surface area (Å²) >= 11 is 5.59. The fourth-order valence-corrected chi connectivity index (χ4v) is 1.35. The Bertz CT molecular complexity index is 376. The molecule has 0 saturated heterocycles. The van der Waals surface area contributed by atoms with E-state index in [0.29, 0.717) is 0 Å². The van der Waals surface area contributed by atoms with Gasteiger partial charge in [0.25, 0.3) is 0 Å². The molecule has 1 aromatic rings. The first-order valence-corrected chi connectivity index (χ1v) is 4.15. The van der Waals surface area contributed by atoms with E-state index in [2.05, 4.69) is 0 Å². The summed E-state index contributed by atoms with van der Waals surface area (Å²) in [5, 5.41) is 17.5. The highest BCUT2D eigenvalue weighted by Gasteiger charge is 2.36. The molecule has 2 N–H and O–H groups in total.